The third-order valence-corrected chi connectivity index (χ3v) is 5.84. The van der Waals surface area contributed by atoms with E-state index in [1.807, 2.05) is 25.2 Å². The topological polar surface area (TPSA) is 20.3 Å². The summed E-state index contributed by atoms with van der Waals surface area (Å²) in [6.45, 7) is 4.33. The van der Waals surface area contributed by atoms with Gasteiger partial charge in [0.05, 0.1) is 5.41 Å². The fraction of sp³-hybridized carbons (Fsp3) is 0.400. The van der Waals surface area contributed by atoms with Gasteiger partial charge < -0.3 is 4.90 Å². The number of nitrogens with zero attached hydrogens (tertiary/aromatic N) is 1. The van der Waals surface area contributed by atoms with Crippen LogP contribution in [0.15, 0.2) is 66.4 Å². The zero-order chi connectivity index (χ0) is 19.3. The molecule has 2 heteroatoms. The summed E-state index contributed by atoms with van der Waals surface area (Å²) in [5.74, 6) is 0.326. The van der Waals surface area contributed by atoms with Gasteiger partial charge in [0.2, 0.25) is 0 Å². The van der Waals surface area contributed by atoms with Gasteiger partial charge in [-0.3, -0.25) is 4.79 Å². The van der Waals surface area contributed by atoms with E-state index in [9.17, 15) is 4.79 Å². The van der Waals surface area contributed by atoms with Crippen LogP contribution in [0, 0.1) is 6.92 Å². The molecule has 0 aliphatic heterocycles. The first-order chi connectivity index (χ1) is 13.1. The van der Waals surface area contributed by atoms with Gasteiger partial charge >= 0.3 is 0 Å². The minimum atomic E-state index is -0.343. The first kappa shape index (κ1) is 19.4. The van der Waals surface area contributed by atoms with Crippen molar-refractivity contribution in [3.8, 4) is 0 Å². The molecule has 142 valence electrons. The molecule has 2 aromatic carbocycles. The Morgan fingerprint density at radius 2 is 1.85 bits per heavy atom. The molecule has 0 radical (unpaired) electrons. The molecule has 0 saturated heterocycles. The van der Waals surface area contributed by atoms with Gasteiger partial charge in [-0.15, -0.1) is 0 Å². The van der Waals surface area contributed by atoms with Crippen molar-refractivity contribution >= 4 is 11.5 Å². The summed E-state index contributed by atoms with van der Waals surface area (Å²) in [6, 6.07) is 18.8. The number of para-hydroxylation sites is 1. The highest BCUT2D eigenvalue weighted by atomic mass is 16.1. The summed E-state index contributed by atoms with van der Waals surface area (Å²) in [7, 11) is 2.03. The second-order valence-electron chi connectivity index (χ2n) is 7.84. The maximum absolute atomic E-state index is 13.6. The molecule has 2 aromatic rings. The SMILES string of the molecule is CCCCCC1(c2cccc(C)c2)CC/C(=C/N(C)c2ccccc2)C1=O. The van der Waals surface area contributed by atoms with Crippen LogP contribution in [0.4, 0.5) is 5.69 Å². The number of hydrogen-bond donors (Lipinski definition) is 0. The standard InChI is InChI=1S/C25H31NO/c1-4-5-9-16-25(22-12-10-11-20(2)18-22)17-15-21(24(25)27)19-26(3)23-13-7-6-8-14-23/h6-8,10-14,18-19H,4-5,9,15-17H2,1-3H3/b21-19-. The molecular formula is C25H31NO. The maximum atomic E-state index is 13.6. The molecular weight excluding hydrogens is 330 g/mol. The van der Waals surface area contributed by atoms with Crippen LogP contribution in [0.25, 0.3) is 0 Å². The fourth-order valence-corrected chi connectivity index (χ4v) is 4.25. The van der Waals surface area contributed by atoms with E-state index in [0.29, 0.717) is 5.78 Å². The largest absolute Gasteiger partial charge is 0.351 e. The van der Waals surface area contributed by atoms with Crippen LogP contribution in [-0.4, -0.2) is 12.8 Å². The van der Waals surface area contributed by atoms with Gasteiger partial charge in [-0.05, 0) is 43.9 Å². The molecule has 27 heavy (non-hydrogen) atoms. The van der Waals surface area contributed by atoms with Gasteiger partial charge in [0.1, 0.15) is 0 Å². The predicted octanol–water partition coefficient (Wildman–Crippen LogP) is 6.20. The zero-order valence-electron chi connectivity index (χ0n) is 16.9. The van der Waals surface area contributed by atoms with Crippen molar-refractivity contribution in [1.82, 2.24) is 0 Å². The molecule has 0 heterocycles. The highest BCUT2D eigenvalue weighted by Crippen LogP contribution is 2.45. The Morgan fingerprint density at radius 3 is 2.56 bits per heavy atom. The van der Waals surface area contributed by atoms with E-state index in [1.54, 1.807) is 0 Å². The Hall–Kier alpha value is -2.35. The highest BCUT2D eigenvalue weighted by Gasteiger charge is 2.45. The van der Waals surface area contributed by atoms with E-state index in [4.69, 9.17) is 0 Å². The second-order valence-corrected chi connectivity index (χ2v) is 7.84. The van der Waals surface area contributed by atoms with Gasteiger partial charge in [0, 0.05) is 24.5 Å². The lowest BCUT2D eigenvalue weighted by atomic mass is 9.73. The average Bonchev–Trinajstić information content (AvgIpc) is 3.00. The van der Waals surface area contributed by atoms with Crippen LogP contribution in [0.5, 0.6) is 0 Å². The van der Waals surface area contributed by atoms with Crippen molar-refractivity contribution in [2.75, 3.05) is 11.9 Å². The average molecular weight is 362 g/mol. The van der Waals surface area contributed by atoms with Crippen molar-refractivity contribution in [3.63, 3.8) is 0 Å². The molecule has 1 atom stereocenters. The Morgan fingerprint density at radius 1 is 1.07 bits per heavy atom. The summed E-state index contributed by atoms with van der Waals surface area (Å²) in [4.78, 5) is 15.7. The molecule has 0 bridgehead atoms. The summed E-state index contributed by atoms with van der Waals surface area (Å²) < 4.78 is 0. The van der Waals surface area contributed by atoms with Gasteiger partial charge in [-0.1, -0.05) is 74.2 Å². The molecule has 1 unspecified atom stereocenters. The van der Waals surface area contributed by atoms with Crippen LogP contribution in [0.1, 0.15) is 56.6 Å². The van der Waals surface area contributed by atoms with Crippen LogP contribution in [0.2, 0.25) is 0 Å². The molecule has 1 fully saturated rings. The van der Waals surface area contributed by atoms with Crippen LogP contribution >= 0.6 is 0 Å². The minimum Gasteiger partial charge on any atom is -0.351 e. The van der Waals surface area contributed by atoms with E-state index < -0.39 is 0 Å². The molecule has 1 saturated carbocycles. The second kappa shape index (κ2) is 8.56. The number of rotatable bonds is 7. The van der Waals surface area contributed by atoms with Gasteiger partial charge in [0.15, 0.2) is 5.78 Å². The zero-order valence-corrected chi connectivity index (χ0v) is 16.9. The van der Waals surface area contributed by atoms with Crippen molar-refractivity contribution in [1.29, 1.82) is 0 Å². The smallest absolute Gasteiger partial charge is 0.170 e. The molecule has 0 N–H and O–H groups in total. The van der Waals surface area contributed by atoms with Gasteiger partial charge in [-0.25, -0.2) is 0 Å². The summed E-state index contributed by atoms with van der Waals surface area (Å²) in [5.41, 5.74) is 4.16. The Labute approximate surface area is 163 Å². The number of Topliss-reactive ketones (excluding diaryl/α,β-unsaturated/α-hetero) is 1. The molecule has 0 spiro atoms. The minimum absolute atomic E-state index is 0.326. The molecule has 2 nitrogen and oxygen atoms in total. The van der Waals surface area contributed by atoms with Crippen LogP contribution in [-0.2, 0) is 10.2 Å². The van der Waals surface area contributed by atoms with Crippen LogP contribution < -0.4 is 4.90 Å². The number of allylic oxidation sites excluding steroid dienone is 1. The first-order valence-corrected chi connectivity index (χ1v) is 10.2. The van der Waals surface area contributed by atoms with Crippen molar-refractivity contribution in [3.05, 3.63) is 77.5 Å². The molecule has 1 aliphatic carbocycles. The third-order valence-electron chi connectivity index (χ3n) is 5.84. The summed E-state index contributed by atoms with van der Waals surface area (Å²) in [6.07, 6.45) is 8.26. The van der Waals surface area contributed by atoms with E-state index in [1.165, 1.54) is 24.0 Å². The lowest BCUT2D eigenvalue weighted by molar-refractivity contribution is -0.119. The van der Waals surface area contributed by atoms with Crippen molar-refractivity contribution < 1.29 is 4.79 Å². The number of hydrogen-bond acceptors (Lipinski definition) is 2. The number of ketones is 1. The van der Waals surface area contributed by atoms with Crippen LogP contribution in [0.3, 0.4) is 0 Å². The Kier molecular flexibility index (Phi) is 6.15. The predicted molar refractivity (Wildman–Crippen MR) is 114 cm³/mol. The van der Waals surface area contributed by atoms with E-state index in [-0.39, 0.29) is 5.41 Å². The van der Waals surface area contributed by atoms with Crippen molar-refractivity contribution in [2.45, 2.75) is 57.8 Å². The number of unbranched alkanes of at least 4 members (excludes halogenated alkanes) is 2. The number of benzene rings is 2. The van der Waals surface area contributed by atoms with E-state index in [2.05, 4.69) is 61.3 Å². The normalized spacial score (nSPS) is 21.0. The van der Waals surface area contributed by atoms with Gasteiger partial charge in [-0.2, -0.15) is 0 Å². The fourth-order valence-electron chi connectivity index (χ4n) is 4.25. The number of anilines is 1. The van der Waals surface area contributed by atoms with E-state index >= 15 is 0 Å². The first-order valence-electron chi connectivity index (χ1n) is 10.2. The summed E-state index contributed by atoms with van der Waals surface area (Å²) in [5, 5.41) is 0. The quantitative estimate of drug-likeness (QED) is 0.432. The summed E-state index contributed by atoms with van der Waals surface area (Å²) >= 11 is 0. The third kappa shape index (κ3) is 4.16. The Balaban J connectivity index is 1.91. The lowest BCUT2D eigenvalue weighted by Gasteiger charge is -2.28. The monoisotopic (exact) mass is 361 g/mol. The number of carbonyl (C=O) groups excluding carboxylic acids is 1. The van der Waals surface area contributed by atoms with E-state index in [0.717, 1.165) is 36.9 Å². The Bertz CT molecular complexity index is 808. The number of aryl methyl sites for hydroxylation is 1. The maximum Gasteiger partial charge on any atom is 0.170 e. The molecule has 1 aliphatic rings. The number of carbonyl (C=O) groups is 1. The highest BCUT2D eigenvalue weighted by molar-refractivity contribution is 6.06. The lowest BCUT2D eigenvalue weighted by Crippen LogP contribution is -2.32. The van der Waals surface area contributed by atoms with Gasteiger partial charge in [0.25, 0.3) is 0 Å². The van der Waals surface area contributed by atoms with Crippen molar-refractivity contribution in [2.24, 2.45) is 0 Å². The molecule has 0 amide bonds. The molecule has 0 aromatic heterocycles. The molecule has 3 rings (SSSR count).